The van der Waals surface area contributed by atoms with Crippen LogP contribution in [0.15, 0.2) is 287 Å². The van der Waals surface area contributed by atoms with Crippen LogP contribution in [0.3, 0.4) is 0 Å². The molecule has 22 heteroatoms. The summed E-state index contributed by atoms with van der Waals surface area (Å²) in [6, 6.07) is 82.6. The minimum Gasteiger partial charge on any atom is -0.657 e. The Morgan fingerprint density at radius 1 is 0.366 bits per heavy atom. The van der Waals surface area contributed by atoms with E-state index in [2.05, 4.69) is 243 Å². The van der Waals surface area contributed by atoms with Crippen LogP contribution in [0.2, 0.25) is 0 Å². The number of fused-ring (bicyclic) bond motifs is 4. The summed E-state index contributed by atoms with van der Waals surface area (Å²) < 4.78 is 54.2. The van der Waals surface area contributed by atoms with Gasteiger partial charge in [0.25, 0.3) is 0 Å². The molecule has 2 atom stereocenters. The van der Waals surface area contributed by atoms with Crippen LogP contribution in [0.4, 0.5) is 28.9 Å². The number of pyridine rings is 7. The van der Waals surface area contributed by atoms with Gasteiger partial charge in [-0.1, -0.05) is 256 Å². The molecule has 11 aromatic heterocycles. The number of halogens is 4. The van der Waals surface area contributed by atoms with Crippen LogP contribution in [0, 0.1) is 49.2 Å². The molecule has 2 unspecified atom stereocenters. The Hall–Kier alpha value is -12.3. The van der Waals surface area contributed by atoms with Gasteiger partial charge >= 0.3 is 63.2 Å². The smallest absolute Gasteiger partial charge is 0.657 e. The van der Waals surface area contributed by atoms with Crippen LogP contribution in [0.25, 0.3) is 85.3 Å². The van der Waals surface area contributed by atoms with E-state index in [0.717, 1.165) is 180 Å². The van der Waals surface area contributed by atoms with Gasteiger partial charge in [0.1, 0.15) is 0 Å². The minimum absolute atomic E-state index is 0. The van der Waals surface area contributed by atoms with E-state index in [-0.39, 0.29) is 107 Å². The second-order valence-corrected chi connectivity index (χ2v) is 32.6. The normalized spacial score (nSPS) is 14.0. The first-order valence-electron chi connectivity index (χ1n) is 44.1. The summed E-state index contributed by atoms with van der Waals surface area (Å²) in [5.41, 5.74) is 35.4. The van der Waals surface area contributed by atoms with Gasteiger partial charge in [-0.05, 0) is 190 Å². The minimum atomic E-state index is -0.753. The van der Waals surface area contributed by atoms with E-state index >= 15 is 0 Å². The van der Waals surface area contributed by atoms with Crippen molar-refractivity contribution in [1.82, 2.24) is 54.8 Å². The van der Waals surface area contributed by atoms with Crippen molar-refractivity contribution in [3.63, 3.8) is 0 Å². The number of hydrogen-bond acceptors (Lipinski definition) is 10. The van der Waals surface area contributed by atoms with Crippen LogP contribution < -0.4 is 30.6 Å². The van der Waals surface area contributed by atoms with E-state index in [9.17, 15) is 17.6 Å². The second-order valence-electron chi connectivity index (χ2n) is 32.6. The third-order valence-corrected chi connectivity index (χ3v) is 24.2. The number of aromatic nitrogens is 11. The predicted molar refractivity (Wildman–Crippen MR) is 513 cm³/mol. The maximum absolute atomic E-state index is 14.0. The quantitative estimate of drug-likeness (QED) is 0.0554. The van der Waals surface area contributed by atoms with Crippen molar-refractivity contribution in [3.05, 3.63) is 425 Å². The van der Waals surface area contributed by atoms with Crippen molar-refractivity contribution in [2.45, 2.75) is 133 Å². The fourth-order valence-electron chi connectivity index (χ4n) is 17.3. The van der Waals surface area contributed by atoms with Crippen molar-refractivity contribution in [3.8, 4) is 45.3 Å². The maximum Gasteiger partial charge on any atom is 2.00 e. The summed E-state index contributed by atoms with van der Waals surface area (Å²) >= 11 is 0. The van der Waals surface area contributed by atoms with Gasteiger partial charge in [-0.15, -0.1) is 68.8 Å². The van der Waals surface area contributed by atoms with Gasteiger partial charge in [-0.2, -0.15) is 0 Å². The Bertz CT molecular complexity index is 7140. The molecule has 0 aliphatic carbocycles. The Kier molecular flexibility index (Phi) is 33.1. The molecule has 17 aromatic rings. The average molecular weight is 2490 g/mol. The first kappa shape index (κ1) is 99.2. The zero-order chi connectivity index (χ0) is 90.2. The number of nitrogens with zero attached hydrogens (tertiary/aromatic N) is 14. The van der Waals surface area contributed by atoms with E-state index in [0.29, 0.717) is 42.0 Å². The van der Waals surface area contributed by atoms with E-state index in [4.69, 9.17) is 54.8 Å². The monoisotopic (exact) mass is 2490 g/mol. The van der Waals surface area contributed by atoms with Crippen LogP contribution in [0.1, 0.15) is 181 Å². The van der Waals surface area contributed by atoms with Gasteiger partial charge in [-0.3, -0.25) is 57.5 Å². The fraction of sp³-hybridized carbons (Fsp3) is 0.179. The van der Waals surface area contributed by atoms with Gasteiger partial charge in [0.05, 0.1) is 45.6 Å². The molecule has 6 aromatic carbocycles. The summed E-state index contributed by atoms with van der Waals surface area (Å²) in [6.45, 7) is 23.8. The third-order valence-electron chi connectivity index (χ3n) is 24.2. The molecule has 680 valence electrons. The summed E-state index contributed by atoms with van der Waals surface area (Å²) in [7, 11) is 0. The largest absolute Gasteiger partial charge is 2.00 e. The molecule has 3 aliphatic rings. The number of aliphatic imine (C=N–C) groups is 3. The van der Waals surface area contributed by atoms with Crippen molar-refractivity contribution >= 4 is 68.5 Å². The summed E-state index contributed by atoms with van der Waals surface area (Å²) in [6.07, 6.45) is 13.7. The zero-order valence-electron chi connectivity index (χ0n) is 75.6. The number of hydrogen-bond donors (Lipinski definition) is 0. The van der Waals surface area contributed by atoms with Gasteiger partial charge < -0.3 is 29.9 Å². The van der Waals surface area contributed by atoms with Crippen LogP contribution >= 0.6 is 0 Å². The summed E-state index contributed by atoms with van der Waals surface area (Å²) in [5.74, 6) is -2.45. The van der Waals surface area contributed by atoms with Crippen LogP contribution in [0.5, 0.6) is 0 Å². The molecule has 0 fully saturated rings. The summed E-state index contributed by atoms with van der Waals surface area (Å²) in [4.78, 5) is 67.4. The van der Waals surface area contributed by atoms with Gasteiger partial charge in [-0.25, -0.2) is 0 Å². The van der Waals surface area contributed by atoms with E-state index in [1.807, 2.05) is 72.9 Å². The maximum atomic E-state index is 14.0. The van der Waals surface area contributed by atoms with Crippen LogP contribution in [-0.2, 0) is 129 Å². The second kappa shape index (κ2) is 44.7. The van der Waals surface area contributed by atoms with Gasteiger partial charge in [0.15, 0.2) is 0 Å². The molecule has 14 heterocycles. The molecule has 20 rings (SSSR count). The Morgan fingerprint density at radius 2 is 0.739 bits per heavy atom. The van der Waals surface area contributed by atoms with Crippen molar-refractivity contribution in [2.75, 3.05) is 0 Å². The number of benzene rings is 6. The number of aryl methyl sites for hydroxylation is 2. The molecule has 0 spiro atoms. The fourth-order valence-corrected chi connectivity index (χ4v) is 17.3. The number of rotatable bonds is 19. The first-order chi connectivity index (χ1) is 63.2. The molecular formula is C112H94F4N14Pt4. The van der Waals surface area contributed by atoms with Crippen LogP contribution in [-0.4, -0.2) is 52.0 Å². The third kappa shape index (κ3) is 21.9. The first-order valence-corrected chi connectivity index (χ1v) is 44.1. The molecule has 0 saturated heterocycles. The zero-order valence-corrected chi connectivity index (χ0v) is 84.7. The van der Waals surface area contributed by atoms with Gasteiger partial charge in [0, 0.05) is 133 Å². The van der Waals surface area contributed by atoms with Crippen molar-refractivity contribution in [2.24, 2.45) is 15.0 Å². The van der Waals surface area contributed by atoms with E-state index < -0.39 is 23.3 Å². The summed E-state index contributed by atoms with van der Waals surface area (Å²) in [5, 5.41) is 4.41. The molecule has 14 nitrogen and oxygen atoms in total. The molecule has 0 amide bonds. The number of allylic oxidation sites excluding steroid dienone is 2. The van der Waals surface area contributed by atoms with E-state index in [1.165, 1.54) is 66.4 Å². The van der Waals surface area contributed by atoms with Crippen molar-refractivity contribution in [1.29, 1.82) is 0 Å². The molecular weight excluding hydrogens is 2400 g/mol. The average Bonchev–Trinajstić information content (AvgIpc) is 1.64. The van der Waals surface area contributed by atoms with Crippen molar-refractivity contribution < 1.29 is 102 Å². The molecule has 0 saturated carbocycles. The Morgan fingerprint density at radius 3 is 1.13 bits per heavy atom. The number of para-hydroxylation sites is 4. The Balaban J connectivity index is 0.000000150. The molecule has 0 bridgehead atoms. The molecule has 3 aliphatic heterocycles. The topological polar surface area (TPSA) is 184 Å². The predicted octanol–water partition coefficient (Wildman–Crippen LogP) is 23.4. The molecule has 0 radical (unpaired) electrons. The SMILES string of the molecule is CC1C(c2cccc(Cc3cccc(C4=Nc5ccccc5C4C)n3)n2)=Nc2ccccc21.CCc1c(C=C2N=C(C)C(C)=C2C)[n-]c(C=c2[n-]c(=Cc3ccccn3)c(CC)c2CC)c1CC.Cc1c(-c2cccc(Cc3cccc(-c4[n-]c5ccccc5c4C)n3)n2)[n-]c2ccccc12.Fc1c[c-]c(-c2cccc(Cc3cccc(-c4[c-]cc(F)cc4F)n3)n2)c(F)c1.[Pt+2].[Pt+2].[Pt+2].[Pt]. The van der Waals surface area contributed by atoms with Gasteiger partial charge in [0.2, 0.25) is 0 Å². The standard InChI is InChI=1S/C31H36N4.C29H24N4.C29H22N4.C23H12F4N2.4Pt/c1-8-23-24(9-2)30(34-28(23)16-22-14-12-13-15-32-22)18-31-26(11-4)25(10-3)29(35-31)17-27-20(6)19(5)21(7)33-27;2*1-18-22-11-3-5-13-24(22)32-28(18)26-15-7-9-20(30-26)17-21-10-8-16-27(31-21)29-19(2)23-12-4-6-14-25(23)33-29;24-14-7-9-18(20(26)11-14)22-5-1-3-16(28-22)13-17-4-2-6-23(29-17)19-10-8-15(25)12-21(19)27;;;;/h12-18H,8-11H2,1-7H3;3-16,18-19H,17H2,1-2H3;3-16H,17H2,1-2H3;1-8,11-12H,13H2;;;;/q-2;;2*-2;;3*+2. The molecule has 134 heavy (non-hydrogen) atoms. The molecule has 0 N–H and O–H groups in total. The Labute approximate surface area is 836 Å². The van der Waals surface area contributed by atoms with E-state index in [1.54, 1.807) is 36.4 Å².